The maximum Gasteiger partial charge on any atom is 0.293 e. The van der Waals surface area contributed by atoms with Crippen molar-refractivity contribution >= 4 is 34.7 Å². The van der Waals surface area contributed by atoms with Gasteiger partial charge in [0.2, 0.25) is 0 Å². The molecular formula is C21H14N2O5S. The molecule has 0 unspecified atom stereocenters. The number of carbonyl (C=O) groups is 2. The molecule has 2 heterocycles. The van der Waals surface area contributed by atoms with Crippen LogP contribution in [0, 0.1) is 10.1 Å². The zero-order valence-corrected chi connectivity index (χ0v) is 15.8. The minimum absolute atomic E-state index is 0.0306. The van der Waals surface area contributed by atoms with Crippen LogP contribution in [0.3, 0.4) is 0 Å². The minimum atomic E-state index is -0.515. The number of hydrogen-bond acceptors (Lipinski definition) is 6. The van der Waals surface area contributed by atoms with Crippen LogP contribution in [0.25, 0.3) is 17.4 Å². The van der Waals surface area contributed by atoms with Crippen molar-refractivity contribution in [3.05, 3.63) is 93.1 Å². The average molecular weight is 406 g/mol. The van der Waals surface area contributed by atoms with Gasteiger partial charge < -0.3 is 4.42 Å². The molecule has 0 N–H and O–H groups in total. The molecule has 7 nitrogen and oxygen atoms in total. The highest BCUT2D eigenvalue weighted by atomic mass is 32.2. The van der Waals surface area contributed by atoms with Crippen molar-refractivity contribution in [2.45, 2.75) is 6.54 Å². The number of nitrogens with zero attached hydrogens (tertiary/aromatic N) is 2. The number of rotatable bonds is 5. The summed E-state index contributed by atoms with van der Waals surface area (Å²) in [6.07, 6.45) is 1.53. The zero-order chi connectivity index (χ0) is 20.4. The number of non-ortho nitro benzene ring substituents is 1. The Morgan fingerprint density at radius 3 is 2.59 bits per heavy atom. The summed E-state index contributed by atoms with van der Waals surface area (Å²) in [7, 11) is 0. The molecule has 1 aromatic heterocycles. The Morgan fingerprint density at radius 2 is 1.83 bits per heavy atom. The third kappa shape index (κ3) is 3.97. The fourth-order valence-electron chi connectivity index (χ4n) is 2.90. The molecular weight excluding hydrogens is 392 g/mol. The number of hydrogen-bond donors (Lipinski definition) is 0. The topological polar surface area (TPSA) is 93.7 Å². The summed E-state index contributed by atoms with van der Waals surface area (Å²) in [6, 6.07) is 18.9. The van der Waals surface area contributed by atoms with Crippen molar-refractivity contribution in [3.63, 3.8) is 0 Å². The second kappa shape index (κ2) is 7.76. The first-order chi connectivity index (χ1) is 14.0. The van der Waals surface area contributed by atoms with Crippen LogP contribution in [0.4, 0.5) is 10.5 Å². The molecule has 1 aliphatic heterocycles. The quantitative estimate of drug-likeness (QED) is 0.333. The van der Waals surface area contributed by atoms with Gasteiger partial charge in [0.05, 0.1) is 16.4 Å². The van der Waals surface area contributed by atoms with E-state index in [-0.39, 0.29) is 17.1 Å². The van der Waals surface area contributed by atoms with E-state index in [1.165, 1.54) is 24.3 Å². The van der Waals surface area contributed by atoms with Crippen LogP contribution in [-0.4, -0.2) is 21.0 Å². The van der Waals surface area contributed by atoms with Gasteiger partial charge in [0.25, 0.3) is 16.8 Å². The molecule has 144 valence electrons. The zero-order valence-electron chi connectivity index (χ0n) is 15.0. The molecule has 1 aliphatic rings. The van der Waals surface area contributed by atoms with E-state index in [0.29, 0.717) is 17.1 Å². The van der Waals surface area contributed by atoms with Gasteiger partial charge in [-0.2, -0.15) is 0 Å². The van der Waals surface area contributed by atoms with Crippen LogP contribution < -0.4 is 0 Å². The maximum atomic E-state index is 12.7. The molecule has 2 aromatic carbocycles. The standard InChI is InChI=1S/C21H14N2O5S/c24-20-19(12-17-9-10-18(28-17)15-6-2-1-3-7-15)29-21(25)22(20)13-14-5-4-8-16(11-14)23(26)27/h1-12H,13H2/b19-12-. The number of nitro benzene ring substituents is 1. The highest BCUT2D eigenvalue weighted by Crippen LogP contribution is 2.34. The van der Waals surface area contributed by atoms with Crippen LogP contribution in [0.2, 0.25) is 0 Å². The predicted molar refractivity (Wildman–Crippen MR) is 109 cm³/mol. The van der Waals surface area contributed by atoms with Crippen LogP contribution >= 0.6 is 11.8 Å². The minimum Gasteiger partial charge on any atom is -0.457 e. The molecule has 0 spiro atoms. The van der Waals surface area contributed by atoms with Crippen molar-refractivity contribution in [1.29, 1.82) is 0 Å². The Hall–Kier alpha value is -3.65. The van der Waals surface area contributed by atoms with Crippen molar-refractivity contribution in [1.82, 2.24) is 4.90 Å². The van der Waals surface area contributed by atoms with Gasteiger partial charge in [-0.05, 0) is 29.5 Å². The van der Waals surface area contributed by atoms with Gasteiger partial charge >= 0.3 is 0 Å². The SMILES string of the molecule is O=C1S/C(=C\c2ccc(-c3ccccc3)o2)C(=O)N1Cc1cccc([N+](=O)[O-])c1. The van der Waals surface area contributed by atoms with E-state index in [1.807, 2.05) is 30.3 Å². The first kappa shape index (κ1) is 18.7. The lowest BCUT2D eigenvalue weighted by Crippen LogP contribution is -2.27. The van der Waals surface area contributed by atoms with Crippen molar-refractivity contribution in [2.75, 3.05) is 0 Å². The molecule has 3 aromatic rings. The van der Waals surface area contributed by atoms with Gasteiger partial charge in [-0.15, -0.1) is 0 Å². The first-order valence-electron chi connectivity index (χ1n) is 8.65. The Bertz CT molecular complexity index is 1140. The van der Waals surface area contributed by atoms with Crippen LogP contribution in [0.1, 0.15) is 11.3 Å². The van der Waals surface area contributed by atoms with Gasteiger partial charge in [0.15, 0.2) is 0 Å². The summed E-state index contributed by atoms with van der Waals surface area (Å²) >= 11 is 0.816. The summed E-state index contributed by atoms with van der Waals surface area (Å²) < 4.78 is 5.76. The lowest BCUT2D eigenvalue weighted by Gasteiger charge is -2.12. The highest BCUT2D eigenvalue weighted by molar-refractivity contribution is 8.18. The summed E-state index contributed by atoms with van der Waals surface area (Å²) in [5, 5.41) is 10.5. The number of nitro groups is 1. The van der Waals surface area contributed by atoms with Crippen LogP contribution in [0.5, 0.6) is 0 Å². The van der Waals surface area contributed by atoms with E-state index in [4.69, 9.17) is 4.42 Å². The molecule has 0 saturated carbocycles. The summed E-state index contributed by atoms with van der Waals surface area (Å²) in [5.74, 6) is 0.668. The smallest absolute Gasteiger partial charge is 0.293 e. The third-order valence-corrected chi connectivity index (χ3v) is 5.20. The normalized spacial score (nSPS) is 15.3. The molecule has 1 fully saturated rings. The largest absolute Gasteiger partial charge is 0.457 e. The van der Waals surface area contributed by atoms with Crippen LogP contribution in [0.15, 0.2) is 76.1 Å². The lowest BCUT2D eigenvalue weighted by molar-refractivity contribution is -0.384. The molecule has 0 aliphatic carbocycles. The fourth-order valence-corrected chi connectivity index (χ4v) is 3.72. The van der Waals surface area contributed by atoms with Gasteiger partial charge in [-0.3, -0.25) is 24.6 Å². The lowest BCUT2D eigenvalue weighted by atomic mass is 10.2. The Morgan fingerprint density at radius 1 is 1.03 bits per heavy atom. The number of furan rings is 1. The maximum absolute atomic E-state index is 12.7. The van der Waals surface area contributed by atoms with Crippen molar-refractivity contribution in [2.24, 2.45) is 0 Å². The molecule has 2 amide bonds. The Kier molecular flexibility index (Phi) is 5.01. The second-order valence-electron chi connectivity index (χ2n) is 6.26. The monoisotopic (exact) mass is 406 g/mol. The number of carbonyl (C=O) groups excluding carboxylic acids is 2. The number of amides is 2. The summed E-state index contributed by atoms with van der Waals surface area (Å²) in [4.78, 5) is 36.7. The van der Waals surface area contributed by atoms with Gasteiger partial charge in [-0.25, -0.2) is 0 Å². The van der Waals surface area contributed by atoms with E-state index < -0.39 is 16.1 Å². The molecule has 1 saturated heterocycles. The molecule has 0 atom stereocenters. The highest BCUT2D eigenvalue weighted by Gasteiger charge is 2.35. The molecule has 0 radical (unpaired) electrons. The van der Waals surface area contributed by atoms with E-state index in [2.05, 4.69) is 0 Å². The molecule has 0 bridgehead atoms. The van der Waals surface area contributed by atoms with E-state index in [1.54, 1.807) is 18.2 Å². The predicted octanol–water partition coefficient (Wildman–Crippen LogP) is 5.09. The average Bonchev–Trinajstić information content (AvgIpc) is 3.29. The second-order valence-corrected chi connectivity index (χ2v) is 7.26. The van der Waals surface area contributed by atoms with E-state index in [0.717, 1.165) is 22.2 Å². The van der Waals surface area contributed by atoms with Gasteiger partial charge in [0, 0.05) is 23.8 Å². The molecule has 8 heteroatoms. The van der Waals surface area contributed by atoms with Gasteiger partial charge in [-0.1, -0.05) is 42.5 Å². The first-order valence-corrected chi connectivity index (χ1v) is 9.47. The molecule has 4 rings (SSSR count). The summed E-state index contributed by atoms with van der Waals surface area (Å²) in [5.41, 5.74) is 1.33. The Balaban J connectivity index is 1.53. The van der Waals surface area contributed by atoms with E-state index >= 15 is 0 Å². The number of benzene rings is 2. The van der Waals surface area contributed by atoms with Crippen LogP contribution in [-0.2, 0) is 11.3 Å². The number of thioether (sulfide) groups is 1. The fraction of sp³-hybridized carbons (Fsp3) is 0.0476. The van der Waals surface area contributed by atoms with E-state index in [9.17, 15) is 19.7 Å². The number of imide groups is 1. The third-order valence-electron chi connectivity index (χ3n) is 4.29. The Labute approximate surface area is 169 Å². The summed E-state index contributed by atoms with van der Waals surface area (Å²) in [6.45, 7) is -0.0306. The van der Waals surface area contributed by atoms with Gasteiger partial charge in [0.1, 0.15) is 11.5 Å². The van der Waals surface area contributed by atoms with Crippen molar-refractivity contribution < 1.29 is 18.9 Å². The van der Waals surface area contributed by atoms with Crippen molar-refractivity contribution in [3.8, 4) is 11.3 Å². The molecule has 29 heavy (non-hydrogen) atoms.